The van der Waals surface area contributed by atoms with Gasteiger partial charge in [0.2, 0.25) is 17.8 Å². The highest BCUT2D eigenvalue weighted by Crippen LogP contribution is 2.25. The first-order valence-corrected chi connectivity index (χ1v) is 10.2. The fraction of sp³-hybridized carbons (Fsp3) is 0.318. The molecule has 8 heteroatoms. The van der Waals surface area contributed by atoms with Crippen LogP contribution in [0.25, 0.3) is 11.0 Å². The van der Waals surface area contributed by atoms with Gasteiger partial charge in [0.05, 0.1) is 29.6 Å². The number of imidazole rings is 1. The molecular formula is C22H25ClN4O3. The molecule has 0 bridgehead atoms. The number of nitrogens with zero attached hydrogens (tertiary/aromatic N) is 1. The number of carbonyl (C=O) groups is 2. The van der Waals surface area contributed by atoms with Crippen molar-refractivity contribution in [3.8, 4) is 5.75 Å². The number of para-hydroxylation sites is 2. The van der Waals surface area contributed by atoms with Crippen molar-refractivity contribution in [2.24, 2.45) is 5.92 Å². The third-order valence-electron chi connectivity index (χ3n) is 5.02. The molecule has 0 aliphatic rings. The summed E-state index contributed by atoms with van der Waals surface area (Å²) in [5.41, 5.74) is 2.32. The molecule has 0 aliphatic carbocycles. The standard InChI is InChI=1S/C22H25ClN4O3/c1-4-13(2)20(21(29)27-22-24-16-7-5-6-8-17(16)25-22)26-19(28)12-14-9-10-18(30-3)15(23)11-14/h5-11,13,20H,4,12H2,1-3H3,(H,26,28)(H2,24,25,27,29)/t13-,20-/m0/s1. The number of hydrogen-bond acceptors (Lipinski definition) is 4. The quantitative estimate of drug-likeness (QED) is 0.506. The van der Waals surface area contributed by atoms with Gasteiger partial charge in [0.25, 0.3) is 0 Å². The number of H-pyrrole nitrogens is 1. The van der Waals surface area contributed by atoms with Crippen molar-refractivity contribution in [3.05, 3.63) is 53.1 Å². The first kappa shape index (κ1) is 21.6. The molecule has 3 aromatic rings. The summed E-state index contributed by atoms with van der Waals surface area (Å²) in [6.07, 6.45) is 0.835. The summed E-state index contributed by atoms with van der Waals surface area (Å²) in [7, 11) is 1.53. The van der Waals surface area contributed by atoms with E-state index in [-0.39, 0.29) is 24.2 Å². The van der Waals surface area contributed by atoms with Crippen LogP contribution in [0.4, 0.5) is 5.95 Å². The summed E-state index contributed by atoms with van der Waals surface area (Å²) in [6, 6.07) is 12.0. The van der Waals surface area contributed by atoms with Gasteiger partial charge in [0, 0.05) is 0 Å². The lowest BCUT2D eigenvalue weighted by Gasteiger charge is -2.23. The summed E-state index contributed by atoms with van der Waals surface area (Å²) in [4.78, 5) is 32.9. The molecule has 1 heterocycles. The average Bonchev–Trinajstić information content (AvgIpc) is 3.13. The Morgan fingerprint density at radius 2 is 2.00 bits per heavy atom. The summed E-state index contributed by atoms with van der Waals surface area (Å²) < 4.78 is 5.13. The van der Waals surface area contributed by atoms with Gasteiger partial charge >= 0.3 is 0 Å². The normalized spacial score (nSPS) is 12.9. The van der Waals surface area contributed by atoms with Crippen LogP contribution in [0.5, 0.6) is 5.75 Å². The van der Waals surface area contributed by atoms with E-state index >= 15 is 0 Å². The number of fused-ring (bicyclic) bond motifs is 1. The van der Waals surface area contributed by atoms with Crippen molar-refractivity contribution >= 4 is 40.4 Å². The fourth-order valence-electron chi connectivity index (χ4n) is 3.14. The topological polar surface area (TPSA) is 96.1 Å². The molecule has 158 valence electrons. The Bertz CT molecular complexity index is 1020. The van der Waals surface area contributed by atoms with Crippen LogP contribution in [0.15, 0.2) is 42.5 Å². The summed E-state index contributed by atoms with van der Waals surface area (Å²) in [5.74, 6) is 0.262. The maximum Gasteiger partial charge on any atom is 0.249 e. The second-order valence-corrected chi connectivity index (χ2v) is 7.58. The lowest BCUT2D eigenvalue weighted by molar-refractivity contribution is -0.127. The first-order valence-electron chi connectivity index (χ1n) is 9.78. The molecule has 0 spiro atoms. The lowest BCUT2D eigenvalue weighted by Crippen LogP contribution is -2.48. The summed E-state index contributed by atoms with van der Waals surface area (Å²) in [6.45, 7) is 3.90. The zero-order valence-electron chi connectivity index (χ0n) is 17.2. The monoisotopic (exact) mass is 428 g/mol. The van der Waals surface area contributed by atoms with E-state index in [0.717, 1.165) is 23.0 Å². The van der Waals surface area contributed by atoms with E-state index in [4.69, 9.17) is 16.3 Å². The summed E-state index contributed by atoms with van der Waals surface area (Å²) >= 11 is 6.13. The van der Waals surface area contributed by atoms with Crippen LogP contribution in [0.3, 0.4) is 0 Å². The van der Waals surface area contributed by atoms with Crippen molar-refractivity contribution in [1.29, 1.82) is 0 Å². The maximum absolute atomic E-state index is 12.9. The summed E-state index contributed by atoms with van der Waals surface area (Å²) in [5, 5.41) is 6.07. The highest BCUT2D eigenvalue weighted by Gasteiger charge is 2.26. The van der Waals surface area contributed by atoms with Gasteiger partial charge in [0.1, 0.15) is 11.8 Å². The number of hydrogen-bond donors (Lipinski definition) is 3. The van der Waals surface area contributed by atoms with Crippen LogP contribution >= 0.6 is 11.6 Å². The molecule has 0 radical (unpaired) electrons. The Hall–Kier alpha value is -3.06. The molecule has 0 saturated carbocycles. The van der Waals surface area contributed by atoms with Gasteiger partial charge in [-0.3, -0.25) is 14.9 Å². The average molecular weight is 429 g/mol. The lowest BCUT2D eigenvalue weighted by atomic mass is 9.98. The second-order valence-electron chi connectivity index (χ2n) is 7.17. The van der Waals surface area contributed by atoms with E-state index in [1.54, 1.807) is 18.2 Å². The van der Waals surface area contributed by atoms with Gasteiger partial charge in [-0.05, 0) is 35.7 Å². The van der Waals surface area contributed by atoms with Gasteiger partial charge in [-0.2, -0.15) is 0 Å². The Morgan fingerprint density at radius 1 is 1.23 bits per heavy atom. The van der Waals surface area contributed by atoms with Crippen molar-refractivity contribution in [3.63, 3.8) is 0 Å². The molecule has 0 fully saturated rings. The van der Waals surface area contributed by atoms with Gasteiger partial charge in [-0.25, -0.2) is 4.98 Å². The van der Waals surface area contributed by atoms with Gasteiger partial charge in [-0.15, -0.1) is 0 Å². The minimum atomic E-state index is -0.690. The van der Waals surface area contributed by atoms with Crippen LogP contribution in [0, 0.1) is 5.92 Å². The van der Waals surface area contributed by atoms with E-state index in [1.807, 2.05) is 38.1 Å². The van der Waals surface area contributed by atoms with E-state index in [2.05, 4.69) is 20.6 Å². The van der Waals surface area contributed by atoms with Crippen LogP contribution in [-0.4, -0.2) is 34.9 Å². The largest absolute Gasteiger partial charge is 0.495 e. The van der Waals surface area contributed by atoms with E-state index in [1.165, 1.54) is 7.11 Å². The molecule has 0 aliphatic heterocycles. The van der Waals surface area contributed by atoms with Crippen LogP contribution in [-0.2, 0) is 16.0 Å². The number of methoxy groups -OCH3 is 1. The molecule has 0 unspecified atom stereocenters. The first-order chi connectivity index (χ1) is 14.4. The SMILES string of the molecule is CC[C@H](C)[C@H](NC(=O)Cc1ccc(OC)c(Cl)c1)C(=O)Nc1nc2ccccc2[nH]1. The molecular weight excluding hydrogens is 404 g/mol. The molecule has 7 nitrogen and oxygen atoms in total. The van der Waals surface area contributed by atoms with Gasteiger partial charge in [0.15, 0.2) is 0 Å². The molecule has 3 rings (SSSR count). The van der Waals surface area contributed by atoms with Crippen LogP contribution in [0.2, 0.25) is 5.02 Å². The molecule has 2 amide bonds. The highest BCUT2D eigenvalue weighted by molar-refractivity contribution is 6.32. The number of aromatic amines is 1. The van der Waals surface area contributed by atoms with E-state index in [9.17, 15) is 9.59 Å². The van der Waals surface area contributed by atoms with Crippen molar-refractivity contribution in [1.82, 2.24) is 15.3 Å². The zero-order chi connectivity index (χ0) is 21.7. The fourth-order valence-corrected chi connectivity index (χ4v) is 3.42. The molecule has 1 aromatic heterocycles. The second kappa shape index (κ2) is 9.63. The number of amides is 2. The predicted octanol–water partition coefficient (Wildman–Crippen LogP) is 3.94. The van der Waals surface area contributed by atoms with Gasteiger partial charge in [-0.1, -0.05) is 50.1 Å². The Morgan fingerprint density at radius 3 is 2.67 bits per heavy atom. The predicted molar refractivity (Wildman–Crippen MR) is 118 cm³/mol. The number of benzene rings is 2. The highest BCUT2D eigenvalue weighted by atomic mass is 35.5. The number of anilines is 1. The maximum atomic E-state index is 12.9. The zero-order valence-corrected chi connectivity index (χ0v) is 17.9. The number of halogens is 1. The minimum Gasteiger partial charge on any atom is -0.495 e. The number of carbonyl (C=O) groups excluding carboxylic acids is 2. The van der Waals surface area contributed by atoms with E-state index < -0.39 is 6.04 Å². The van der Waals surface area contributed by atoms with Crippen LogP contribution in [0.1, 0.15) is 25.8 Å². The van der Waals surface area contributed by atoms with Crippen molar-refractivity contribution < 1.29 is 14.3 Å². The molecule has 30 heavy (non-hydrogen) atoms. The third kappa shape index (κ3) is 5.10. The van der Waals surface area contributed by atoms with Crippen LogP contribution < -0.4 is 15.4 Å². The number of ether oxygens (including phenoxy) is 1. The molecule has 2 aromatic carbocycles. The third-order valence-corrected chi connectivity index (χ3v) is 5.32. The Balaban J connectivity index is 1.69. The van der Waals surface area contributed by atoms with Gasteiger partial charge < -0.3 is 15.0 Å². The Kier molecular flexibility index (Phi) is 6.95. The Labute approximate surface area is 180 Å². The molecule has 3 N–H and O–H groups in total. The minimum absolute atomic E-state index is 0.0576. The number of rotatable bonds is 8. The molecule has 2 atom stereocenters. The smallest absolute Gasteiger partial charge is 0.249 e. The van der Waals surface area contributed by atoms with Crippen molar-refractivity contribution in [2.45, 2.75) is 32.7 Å². The number of nitrogens with one attached hydrogen (secondary N) is 3. The van der Waals surface area contributed by atoms with Crippen molar-refractivity contribution in [2.75, 3.05) is 12.4 Å². The van der Waals surface area contributed by atoms with E-state index in [0.29, 0.717) is 16.7 Å². The number of aromatic nitrogens is 2. The molecule has 0 saturated heterocycles.